The van der Waals surface area contributed by atoms with Gasteiger partial charge in [0.1, 0.15) is 49.8 Å². The second kappa shape index (κ2) is 31.1. The van der Waals surface area contributed by atoms with Gasteiger partial charge in [-0.3, -0.25) is 28.8 Å². The summed E-state index contributed by atoms with van der Waals surface area (Å²) in [5.41, 5.74) is 40.4. The van der Waals surface area contributed by atoms with Gasteiger partial charge in [0.05, 0.1) is 37.4 Å². The van der Waals surface area contributed by atoms with Crippen molar-refractivity contribution in [2.24, 2.45) is 20.5 Å². The topological polar surface area (TPSA) is 438 Å². The molecule has 4 fully saturated rings. The Bertz CT molecular complexity index is 2800. The predicted molar refractivity (Wildman–Crippen MR) is 275 cm³/mol. The highest BCUT2D eigenvalue weighted by Gasteiger charge is 2.58. The van der Waals surface area contributed by atoms with Crippen LogP contribution in [0.15, 0.2) is 81.1 Å². The minimum absolute atomic E-state index is 0.0556. The Morgan fingerprint density at radius 3 is 1.66 bits per heavy atom. The van der Waals surface area contributed by atoms with Crippen LogP contribution in [0.25, 0.3) is 41.8 Å². The van der Waals surface area contributed by atoms with Crippen molar-refractivity contribution in [1.82, 2.24) is 4.90 Å². The normalized spacial score (nSPS) is 29.9. The summed E-state index contributed by atoms with van der Waals surface area (Å²) >= 11 is 0. The van der Waals surface area contributed by atoms with Crippen LogP contribution in [0.5, 0.6) is 0 Å². The molecule has 0 spiro atoms. The highest BCUT2D eigenvalue weighted by Crippen LogP contribution is 2.40. The number of ether oxygens (including phenoxy) is 13. The summed E-state index contributed by atoms with van der Waals surface area (Å²) in [5.74, 6) is -5.44. The van der Waals surface area contributed by atoms with Gasteiger partial charge < -0.3 is 66.5 Å². The fourth-order valence-corrected chi connectivity index (χ4v) is 9.83. The van der Waals surface area contributed by atoms with Crippen molar-refractivity contribution in [3.05, 3.63) is 114 Å². The first-order valence-corrected chi connectivity index (χ1v) is 25.9. The third kappa shape index (κ3) is 18.3. The minimum Gasteiger partial charge on any atom is -0.463 e. The fraction of sp³-hybridized carbons (Fsp3) is 0.620. The average Bonchev–Trinajstić information content (AvgIpc) is 3.03. The van der Waals surface area contributed by atoms with Crippen LogP contribution in [-0.2, 0) is 103 Å². The highest BCUT2D eigenvalue weighted by atomic mass is 16.8. The Hall–Kier alpha value is -8.47. The van der Waals surface area contributed by atoms with Crippen molar-refractivity contribution in [2.75, 3.05) is 19.7 Å². The summed E-state index contributed by atoms with van der Waals surface area (Å²) in [5, 5.41) is 15.1. The van der Waals surface area contributed by atoms with E-state index in [1.54, 1.807) is 36.4 Å². The molecule has 17 atom stereocenters. The number of benzene rings is 2. The monoisotopic (exact) mass is 1160 g/mol. The number of amides is 1. The minimum atomic E-state index is -1.95. The number of hydrogen-bond donors (Lipinski definition) is 0. The van der Waals surface area contributed by atoms with E-state index in [2.05, 4.69) is 40.1 Å². The third-order valence-electron chi connectivity index (χ3n) is 13.0. The van der Waals surface area contributed by atoms with E-state index < -0.39 is 159 Å². The van der Waals surface area contributed by atoms with Crippen LogP contribution in [-0.4, -0.2) is 171 Å². The smallest absolute Gasteiger partial charge is 0.410 e. The molecule has 3 unspecified atom stereocenters. The van der Waals surface area contributed by atoms with Crippen molar-refractivity contribution < 1.29 is 95.1 Å². The standard InChI is InChI=1S/C50H61N13O20/c1-25(64)71-24-38-43(82-48-39(58-62-54)44(76-29(5)68)42(75-28(4)67)37(79-48)20-55-59-51)46(77-30(6)69)49(80-38)83-45-40(74-27(3)66)34(56-60-52)19-35(57-61-53)41(45)81-47-36(73-26(2)65)18-17-33(78-47)22-63(21-31-13-9-7-10-14-31)50(70)72-23-32-15-11-8-12-16-32/h7-16,33-49H,17-24H2,1-6H3/t33-,34?,35?,36+,37-,38+,39?,40-,41+,42+,43+,44+,45+,46+,47+,48+,49-/m0/s1. The lowest BCUT2D eigenvalue weighted by Crippen LogP contribution is -2.62. The number of carbonyl (C=O) groups excluding carboxylic acids is 7. The molecule has 446 valence electrons. The molecule has 3 saturated heterocycles. The third-order valence-corrected chi connectivity index (χ3v) is 13.0. The van der Waals surface area contributed by atoms with Gasteiger partial charge in [-0.1, -0.05) is 81.1 Å². The lowest BCUT2D eigenvalue weighted by atomic mass is 9.84. The van der Waals surface area contributed by atoms with Crippen molar-refractivity contribution >= 4 is 41.9 Å². The van der Waals surface area contributed by atoms with Crippen molar-refractivity contribution in [3.8, 4) is 0 Å². The van der Waals surface area contributed by atoms with E-state index in [1.807, 2.05) is 24.3 Å². The van der Waals surface area contributed by atoms with Gasteiger partial charge in [0.2, 0.25) is 0 Å². The number of rotatable bonds is 24. The maximum Gasteiger partial charge on any atom is 0.410 e. The first kappa shape index (κ1) is 63.7. The molecule has 33 heteroatoms. The summed E-state index contributed by atoms with van der Waals surface area (Å²) < 4.78 is 78.2. The highest BCUT2D eigenvalue weighted by molar-refractivity contribution is 5.69. The van der Waals surface area contributed by atoms with Gasteiger partial charge >= 0.3 is 41.9 Å². The first-order valence-electron chi connectivity index (χ1n) is 25.9. The molecule has 33 nitrogen and oxygen atoms in total. The second-order valence-electron chi connectivity index (χ2n) is 19.1. The van der Waals surface area contributed by atoms with Gasteiger partial charge in [0.25, 0.3) is 0 Å². The van der Waals surface area contributed by atoms with Crippen LogP contribution in [0.2, 0.25) is 0 Å². The molecule has 4 aliphatic rings. The predicted octanol–water partition coefficient (Wildman–Crippen LogP) is 5.91. The van der Waals surface area contributed by atoms with Crippen LogP contribution in [0.3, 0.4) is 0 Å². The Kier molecular flexibility index (Phi) is 23.9. The van der Waals surface area contributed by atoms with E-state index in [-0.39, 0.29) is 39.0 Å². The quantitative estimate of drug-likeness (QED) is 0.0387. The molecule has 0 radical (unpaired) electrons. The zero-order valence-electron chi connectivity index (χ0n) is 45.7. The summed E-state index contributed by atoms with van der Waals surface area (Å²) in [6, 6.07) is 13.4. The van der Waals surface area contributed by atoms with E-state index >= 15 is 0 Å². The fourth-order valence-electron chi connectivity index (χ4n) is 9.83. The molecule has 0 N–H and O–H groups in total. The van der Waals surface area contributed by atoms with Crippen molar-refractivity contribution in [3.63, 3.8) is 0 Å². The SMILES string of the molecule is CC(=O)OC[C@H]1O[C@@H](O[C@H]2[C@H](O[C@H]3O[C@H](CN(Cc4ccccc4)C(=O)OCc4ccccc4)CC[C@H]3OC(C)=O)C(N=[N+]=[N-])CC(N=[N+]=[N-])[C@@H]2OC(C)=O)[C@H](OC(C)=O)[C@@H]1O[C@H]1O[C@@H](CN=[N+]=[N-])[C@@H](OC(C)=O)[C@H](OC(C)=O)C1N=[N+]=[N-]. The summed E-state index contributed by atoms with van der Waals surface area (Å²) in [6.45, 7) is 4.84. The van der Waals surface area contributed by atoms with Gasteiger partial charge in [0.15, 0.2) is 43.3 Å². The van der Waals surface area contributed by atoms with Crippen molar-refractivity contribution in [2.45, 2.75) is 178 Å². The zero-order valence-corrected chi connectivity index (χ0v) is 45.7. The Balaban J connectivity index is 1.41. The van der Waals surface area contributed by atoms with E-state index in [9.17, 15) is 55.7 Å². The first-order chi connectivity index (χ1) is 39.8. The zero-order chi connectivity index (χ0) is 60.2. The van der Waals surface area contributed by atoms with Crippen LogP contribution in [0.1, 0.15) is 71.9 Å². The Morgan fingerprint density at radius 1 is 0.530 bits per heavy atom. The molecule has 1 saturated carbocycles. The van der Waals surface area contributed by atoms with Gasteiger partial charge in [-0.15, -0.1) is 0 Å². The molecule has 2 aromatic carbocycles. The maximum atomic E-state index is 13.9. The van der Waals surface area contributed by atoms with Crippen LogP contribution in [0, 0.1) is 0 Å². The Labute approximate surface area is 472 Å². The number of azide groups is 4. The molecular formula is C50H61N13O20. The summed E-state index contributed by atoms with van der Waals surface area (Å²) in [4.78, 5) is 103. The molecule has 6 rings (SSSR count). The largest absolute Gasteiger partial charge is 0.463 e. The lowest BCUT2D eigenvalue weighted by Gasteiger charge is -2.46. The van der Waals surface area contributed by atoms with Gasteiger partial charge in [-0.05, 0) is 52.5 Å². The summed E-state index contributed by atoms with van der Waals surface area (Å²) in [6.07, 6.45) is -23.4. The number of esters is 6. The van der Waals surface area contributed by atoms with Crippen LogP contribution in [0.4, 0.5) is 4.79 Å². The number of hydrogen-bond acceptors (Lipinski definition) is 24. The molecule has 0 bridgehead atoms. The number of carbonyl (C=O) groups is 7. The van der Waals surface area contributed by atoms with E-state index in [1.165, 1.54) is 4.90 Å². The molecule has 1 aliphatic carbocycles. The van der Waals surface area contributed by atoms with E-state index in [0.717, 1.165) is 52.7 Å². The second-order valence-corrected chi connectivity index (χ2v) is 19.1. The van der Waals surface area contributed by atoms with Crippen LogP contribution >= 0.6 is 0 Å². The molecule has 3 heterocycles. The van der Waals surface area contributed by atoms with E-state index in [4.69, 9.17) is 61.6 Å². The number of nitrogens with zero attached hydrogens (tertiary/aromatic N) is 13. The molecule has 1 amide bonds. The van der Waals surface area contributed by atoms with Gasteiger partial charge in [-0.25, -0.2) is 4.79 Å². The van der Waals surface area contributed by atoms with E-state index in [0.29, 0.717) is 0 Å². The maximum absolute atomic E-state index is 13.9. The average molecular weight is 1160 g/mol. The molecule has 2 aromatic rings. The molecule has 83 heavy (non-hydrogen) atoms. The van der Waals surface area contributed by atoms with Gasteiger partial charge in [-0.2, -0.15) is 0 Å². The van der Waals surface area contributed by atoms with Crippen LogP contribution < -0.4 is 0 Å². The molecular weight excluding hydrogens is 1100 g/mol. The Morgan fingerprint density at radius 2 is 1.07 bits per heavy atom. The molecule has 0 aromatic heterocycles. The molecule has 3 aliphatic heterocycles. The van der Waals surface area contributed by atoms with Gasteiger partial charge in [0, 0.05) is 67.7 Å². The van der Waals surface area contributed by atoms with Crippen molar-refractivity contribution in [1.29, 1.82) is 0 Å². The lowest BCUT2D eigenvalue weighted by molar-refractivity contribution is -0.306. The summed E-state index contributed by atoms with van der Waals surface area (Å²) in [7, 11) is 0.